The second-order valence-electron chi connectivity index (χ2n) is 2.92. The predicted octanol–water partition coefficient (Wildman–Crippen LogP) is -1.34. The molecule has 1 aromatic rings. The van der Waals surface area contributed by atoms with Crippen LogP contribution >= 0.6 is 0 Å². The van der Waals surface area contributed by atoms with E-state index < -0.39 is 17.7 Å². The summed E-state index contributed by atoms with van der Waals surface area (Å²) in [6.45, 7) is 3.62. The lowest BCUT2D eigenvalue weighted by atomic mass is 10.6. The summed E-state index contributed by atoms with van der Waals surface area (Å²) in [4.78, 5) is 34.0. The van der Waals surface area contributed by atoms with E-state index in [0.29, 0.717) is 5.01 Å². The van der Waals surface area contributed by atoms with E-state index in [-0.39, 0.29) is 5.95 Å². The Morgan fingerprint density at radius 1 is 1.19 bits per heavy atom. The van der Waals surface area contributed by atoms with Crippen molar-refractivity contribution >= 4 is 23.7 Å². The SMILES string of the molecule is CC(=O)Nc1nnnn1N(C(C)=O)C(C)=O. The summed E-state index contributed by atoms with van der Waals surface area (Å²) in [6, 6.07) is 0. The van der Waals surface area contributed by atoms with E-state index in [0.717, 1.165) is 4.79 Å². The molecule has 0 spiro atoms. The molecule has 86 valence electrons. The zero-order valence-electron chi connectivity index (χ0n) is 8.96. The van der Waals surface area contributed by atoms with Crippen molar-refractivity contribution in [3.63, 3.8) is 0 Å². The van der Waals surface area contributed by atoms with Crippen LogP contribution in [0.4, 0.5) is 5.95 Å². The first-order valence-corrected chi connectivity index (χ1v) is 4.31. The van der Waals surface area contributed by atoms with Crippen LogP contribution in [0.5, 0.6) is 0 Å². The first kappa shape index (κ1) is 11.8. The van der Waals surface area contributed by atoms with Gasteiger partial charge in [-0.25, -0.2) is 0 Å². The van der Waals surface area contributed by atoms with Crippen molar-refractivity contribution in [3.05, 3.63) is 0 Å². The molecule has 0 radical (unpaired) electrons. The quantitative estimate of drug-likeness (QED) is 0.668. The van der Waals surface area contributed by atoms with E-state index in [1.807, 2.05) is 0 Å². The van der Waals surface area contributed by atoms with Crippen LogP contribution in [-0.2, 0) is 14.4 Å². The van der Waals surface area contributed by atoms with Gasteiger partial charge in [0, 0.05) is 20.8 Å². The first-order valence-electron chi connectivity index (χ1n) is 4.31. The van der Waals surface area contributed by atoms with Crippen molar-refractivity contribution in [2.45, 2.75) is 20.8 Å². The van der Waals surface area contributed by atoms with Crippen LogP contribution in [0, 0.1) is 0 Å². The van der Waals surface area contributed by atoms with Crippen LogP contribution in [0.15, 0.2) is 0 Å². The molecule has 0 atom stereocenters. The second kappa shape index (κ2) is 4.47. The highest BCUT2D eigenvalue weighted by atomic mass is 16.2. The highest BCUT2D eigenvalue weighted by molar-refractivity contribution is 6.06. The average molecular weight is 226 g/mol. The number of aromatic nitrogens is 4. The zero-order chi connectivity index (χ0) is 12.3. The van der Waals surface area contributed by atoms with Gasteiger partial charge in [-0.1, -0.05) is 5.10 Å². The van der Waals surface area contributed by atoms with Gasteiger partial charge < -0.3 is 0 Å². The molecule has 0 unspecified atom stereocenters. The third-order valence-corrected chi connectivity index (χ3v) is 1.53. The van der Waals surface area contributed by atoms with Gasteiger partial charge in [-0.2, -0.15) is 5.01 Å². The van der Waals surface area contributed by atoms with Gasteiger partial charge in [0.15, 0.2) is 0 Å². The maximum absolute atomic E-state index is 11.2. The number of hydrogen-bond acceptors (Lipinski definition) is 6. The van der Waals surface area contributed by atoms with Gasteiger partial charge in [0.25, 0.3) is 5.95 Å². The molecule has 0 aliphatic carbocycles. The average Bonchev–Trinajstić information content (AvgIpc) is 2.50. The number of carbonyl (C=O) groups excluding carboxylic acids is 3. The number of imide groups is 1. The lowest BCUT2D eigenvalue weighted by molar-refractivity contribution is -0.127. The minimum Gasteiger partial charge on any atom is -0.292 e. The molecule has 0 saturated carbocycles. The molecule has 1 aromatic heterocycles. The van der Waals surface area contributed by atoms with Gasteiger partial charge in [0.1, 0.15) is 0 Å². The van der Waals surface area contributed by atoms with E-state index in [2.05, 4.69) is 20.8 Å². The molecular weight excluding hydrogens is 216 g/mol. The fraction of sp³-hybridized carbons (Fsp3) is 0.429. The standard InChI is InChI=1S/C7H10N6O3/c1-4(14)8-7-9-10-11-13(7)12(5(2)15)6(3)16/h1-3H3,(H,8,9,11,14). The van der Waals surface area contributed by atoms with Gasteiger partial charge in [0.05, 0.1) is 0 Å². The summed E-state index contributed by atoms with van der Waals surface area (Å²) >= 11 is 0. The fourth-order valence-corrected chi connectivity index (χ4v) is 1.04. The predicted molar refractivity (Wildman–Crippen MR) is 51.7 cm³/mol. The smallest absolute Gasteiger partial charge is 0.270 e. The fourth-order valence-electron chi connectivity index (χ4n) is 1.04. The number of amides is 3. The van der Waals surface area contributed by atoms with Crippen LogP contribution in [0.1, 0.15) is 20.8 Å². The number of rotatable bonds is 2. The van der Waals surface area contributed by atoms with Crippen molar-refractivity contribution in [1.82, 2.24) is 20.3 Å². The minimum absolute atomic E-state index is 0.0992. The Hall–Kier alpha value is -2.32. The molecule has 0 aliphatic rings. The molecule has 9 nitrogen and oxygen atoms in total. The highest BCUT2D eigenvalue weighted by Crippen LogP contribution is 2.01. The van der Waals surface area contributed by atoms with Crippen LogP contribution in [0.25, 0.3) is 0 Å². The monoisotopic (exact) mass is 226 g/mol. The molecule has 1 heterocycles. The normalized spacial score (nSPS) is 9.69. The maximum atomic E-state index is 11.2. The Bertz CT molecular complexity index is 425. The summed E-state index contributed by atoms with van der Waals surface area (Å²) in [5.74, 6) is -1.64. The summed E-state index contributed by atoms with van der Waals surface area (Å²) in [5, 5.41) is 13.2. The second-order valence-corrected chi connectivity index (χ2v) is 2.92. The Labute approximate surface area is 90.4 Å². The van der Waals surface area contributed by atoms with Gasteiger partial charge in [0.2, 0.25) is 17.7 Å². The van der Waals surface area contributed by atoms with Gasteiger partial charge in [-0.05, 0) is 10.4 Å². The van der Waals surface area contributed by atoms with Gasteiger partial charge in [-0.3, -0.25) is 19.7 Å². The molecule has 1 rings (SSSR count). The third kappa shape index (κ3) is 2.38. The highest BCUT2D eigenvalue weighted by Gasteiger charge is 2.21. The number of anilines is 1. The van der Waals surface area contributed by atoms with E-state index >= 15 is 0 Å². The summed E-state index contributed by atoms with van der Waals surface area (Å²) in [7, 11) is 0. The lowest BCUT2D eigenvalue weighted by Gasteiger charge is -2.16. The molecule has 0 saturated heterocycles. The van der Waals surface area contributed by atoms with Crippen molar-refractivity contribution < 1.29 is 14.4 Å². The Morgan fingerprint density at radius 3 is 2.19 bits per heavy atom. The van der Waals surface area contributed by atoms with Crippen molar-refractivity contribution in [3.8, 4) is 0 Å². The molecular formula is C7H10N6O3. The molecule has 0 fully saturated rings. The molecule has 1 N–H and O–H groups in total. The topological polar surface area (TPSA) is 110 Å². The molecule has 16 heavy (non-hydrogen) atoms. The van der Waals surface area contributed by atoms with Gasteiger partial charge in [-0.15, -0.1) is 4.79 Å². The van der Waals surface area contributed by atoms with Crippen LogP contribution in [0.3, 0.4) is 0 Å². The summed E-state index contributed by atoms with van der Waals surface area (Å²) in [5.41, 5.74) is 0. The number of nitrogens with one attached hydrogen (secondary N) is 1. The van der Waals surface area contributed by atoms with Crippen LogP contribution in [0.2, 0.25) is 0 Å². The largest absolute Gasteiger partial charge is 0.292 e. The Kier molecular flexibility index (Phi) is 3.28. The molecule has 0 aliphatic heterocycles. The minimum atomic E-state index is -0.564. The Morgan fingerprint density at radius 2 is 1.75 bits per heavy atom. The summed E-state index contributed by atoms with van der Waals surface area (Å²) < 4.78 is 0. The number of nitrogens with zero attached hydrogens (tertiary/aromatic N) is 5. The molecule has 3 amide bonds. The number of hydrogen-bond donors (Lipinski definition) is 1. The lowest BCUT2D eigenvalue weighted by Crippen LogP contribution is -2.44. The Balaban J connectivity index is 3.10. The molecule has 0 bridgehead atoms. The van der Waals surface area contributed by atoms with Crippen molar-refractivity contribution in [2.24, 2.45) is 0 Å². The zero-order valence-corrected chi connectivity index (χ0v) is 8.96. The third-order valence-electron chi connectivity index (χ3n) is 1.53. The van der Waals surface area contributed by atoms with Gasteiger partial charge >= 0.3 is 0 Å². The maximum Gasteiger partial charge on any atom is 0.270 e. The first-order chi connectivity index (χ1) is 7.43. The molecule has 9 heteroatoms. The van der Waals surface area contributed by atoms with E-state index in [9.17, 15) is 14.4 Å². The summed E-state index contributed by atoms with van der Waals surface area (Å²) in [6.07, 6.45) is 0. The van der Waals surface area contributed by atoms with Crippen LogP contribution in [-0.4, -0.2) is 38.0 Å². The van der Waals surface area contributed by atoms with E-state index in [4.69, 9.17) is 0 Å². The number of carbonyl (C=O) groups is 3. The van der Waals surface area contributed by atoms with Crippen LogP contribution < -0.4 is 10.3 Å². The van der Waals surface area contributed by atoms with Crippen molar-refractivity contribution in [1.29, 1.82) is 0 Å². The van der Waals surface area contributed by atoms with Crippen molar-refractivity contribution in [2.75, 3.05) is 10.3 Å². The van der Waals surface area contributed by atoms with E-state index in [1.54, 1.807) is 0 Å². The van der Waals surface area contributed by atoms with E-state index in [1.165, 1.54) is 20.8 Å². The molecule has 0 aromatic carbocycles. The number of tetrazole rings is 1.